The number of halogens is 1. The molecular formula is C11H15ClN2O3. The van der Waals surface area contributed by atoms with E-state index < -0.39 is 11.4 Å². The number of carbonyl (C=O) groups excluding carboxylic acids is 1. The van der Waals surface area contributed by atoms with E-state index in [0.717, 1.165) is 0 Å². The van der Waals surface area contributed by atoms with Crippen LogP contribution in [0.25, 0.3) is 0 Å². The van der Waals surface area contributed by atoms with Gasteiger partial charge in [-0.2, -0.15) is 0 Å². The van der Waals surface area contributed by atoms with Crippen molar-refractivity contribution in [2.45, 2.75) is 18.9 Å². The Morgan fingerprint density at radius 3 is 2.53 bits per heavy atom. The lowest BCUT2D eigenvalue weighted by Crippen LogP contribution is -2.53. The Bertz CT molecular complexity index is 369. The number of hydrogen-bond donors (Lipinski definition) is 3. The van der Waals surface area contributed by atoms with Crippen LogP contribution in [0.3, 0.4) is 0 Å². The van der Waals surface area contributed by atoms with Crippen molar-refractivity contribution >= 4 is 17.5 Å². The van der Waals surface area contributed by atoms with Gasteiger partial charge in [-0.25, -0.2) is 4.98 Å². The summed E-state index contributed by atoms with van der Waals surface area (Å²) in [6.07, 6.45) is 1.76. The molecule has 1 amide bonds. The van der Waals surface area contributed by atoms with E-state index in [2.05, 4.69) is 10.3 Å². The topological polar surface area (TPSA) is 82.5 Å². The van der Waals surface area contributed by atoms with Crippen molar-refractivity contribution in [1.29, 1.82) is 0 Å². The number of aromatic nitrogens is 1. The lowest BCUT2D eigenvalue weighted by Gasteiger charge is -2.29. The molecule has 17 heavy (non-hydrogen) atoms. The van der Waals surface area contributed by atoms with Gasteiger partial charge in [-0.15, -0.1) is 0 Å². The molecule has 1 rings (SSSR count). The molecule has 0 bridgehead atoms. The van der Waals surface area contributed by atoms with Gasteiger partial charge in [-0.3, -0.25) is 4.79 Å². The Morgan fingerprint density at radius 2 is 2.12 bits per heavy atom. The highest BCUT2D eigenvalue weighted by atomic mass is 35.5. The first-order valence-electron chi connectivity index (χ1n) is 5.22. The second-order valence-corrected chi connectivity index (χ2v) is 4.16. The maximum atomic E-state index is 11.8. The van der Waals surface area contributed by atoms with Gasteiger partial charge >= 0.3 is 0 Å². The Morgan fingerprint density at radius 1 is 1.47 bits per heavy atom. The van der Waals surface area contributed by atoms with E-state index in [-0.39, 0.29) is 13.2 Å². The Labute approximate surface area is 104 Å². The summed E-state index contributed by atoms with van der Waals surface area (Å²) < 4.78 is 0. The highest BCUT2D eigenvalue weighted by Gasteiger charge is 2.28. The summed E-state index contributed by atoms with van der Waals surface area (Å²) in [5.41, 5.74) is -0.675. The molecule has 6 heteroatoms. The average Bonchev–Trinajstić information content (AvgIpc) is 2.37. The SMILES string of the molecule is CCC(CO)(CO)NC(=O)c1ccc(Cl)nc1. The summed E-state index contributed by atoms with van der Waals surface area (Å²) in [6, 6.07) is 3.03. The summed E-state index contributed by atoms with van der Waals surface area (Å²) >= 11 is 5.61. The largest absolute Gasteiger partial charge is 0.394 e. The van der Waals surface area contributed by atoms with E-state index in [9.17, 15) is 15.0 Å². The van der Waals surface area contributed by atoms with E-state index >= 15 is 0 Å². The van der Waals surface area contributed by atoms with Crippen LogP contribution in [0.5, 0.6) is 0 Å². The van der Waals surface area contributed by atoms with Crippen LogP contribution >= 0.6 is 11.6 Å². The van der Waals surface area contributed by atoms with Crippen LogP contribution in [-0.2, 0) is 0 Å². The number of rotatable bonds is 5. The minimum atomic E-state index is -1.00. The molecular weight excluding hydrogens is 244 g/mol. The van der Waals surface area contributed by atoms with Crippen molar-refractivity contribution in [2.75, 3.05) is 13.2 Å². The van der Waals surface area contributed by atoms with Gasteiger partial charge < -0.3 is 15.5 Å². The molecule has 0 spiro atoms. The number of pyridine rings is 1. The molecule has 1 heterocycles. The van der Waals surface area contributed by atoms with Crippen LogP contribution in [0.1, 0.15) is 23.7 Å². The van der Waals surface area contributed by atoms with Crippen molar-refractivity contribution in [3.05, 3.63) is 29.0 Å². The normalized spacial score (nSPS) is 11.3. The summed E-state index contributed by atoms with van der Waals surface area (Å²) in [5, 5.41) is 21.3. The molecule has 0 saturated carbocycles. The van der Waals surface area contributed by atoms with Gasteiger partial charge in [0.05, 0.1) is 24.3 Å². The molecule has 0 unspecified atom stereocenters. The second kappa shape index (κ2) is 5.95. The third-order valence-electron chi connectivity index (χ3n) is 2.65. The van der Waals surface area contributed by atoms with E-state index in [1.165, 1.54) is 18.3 Å². The van der Waals surface area contributed by atoms with Crippen LogP contribution in [-0.4, -0.2) is 39.9 Å². The minimum absolute atomic E-state index is 0.299. The molecule has 1 aromatic heterocycles. The summed E-state index contributed by atoms with van der Waals surface area (Å²) in [4.78, 5) is 15.6. The molecule has 0 aliphatic heterocycles. The highest BCUT2D eigenvalue weighted by molar-refractivity contribution is 6.29. The Hall–Kier alpha value is -1.17. The lowest BCUT2D eigenvalue weighted by atomic mass is 9.98. The van der Waals surface area contributed by atoms with Gasteiger partial charge in [-0.05, 0) is 18.6 Å². The third kappa shape index (κ3) is 3.39. The van der Waals surface area contributed by atoms with Crippen LogP contribution in [0, 0.1) is 0 Å². The third-order valence-corrected chi connectivity index (χ3v) is 2.87. The first kappa shape index (κ1) is 13.9. The summed E-state index contributed by atoms with van der Waals surface area (Å²) in [6.45, 7) is 1.12. The number of nitrogens with one attached hydrogen (secondary N) is 1. The predicted molar refractivity (Wildman–Crippen MR) is 63.9 cm³/mol. The molecule has 3 N–H and O–H groups in total. The Balaban J connectivity index is 2.81. The standard InChI is InChI=1S/C11H15ClN2O3/c1-2-11(6-15,7-16)14-10(17)8-3-4-9(12)13-5-8/h3-5,15-16H,2,6-7H2,1H3,(H,14,17). The lowest BCUT2D eigenvalue weighted by molar-refractivity contribution is 0.0652. The zero-order chi connectivity index (χ0) is 12.9. The molecule has 0 radical (unpaired) electrons. The maximum absolute atomic E-state index is 11.8. The van der Waals surface area contributed by atoms with Crippen molar-refractivity contribution in [3.8, 4) is 0 Å². The van der Waals surface area contributed by atoms with E-state index in [1.807, 2.05) is 0 Å². The van der Waals surface area contributed by atoms with Crippen LogP contribution in [0.15, 0.2) is 18.3 Å². The fourth-order valence-electron chi connectivity index (χ4n) is 1.26. The van der Waals surface area contributed by atoms with Crippen LogP contribution in [0.4, 0.5) is 0 Å². The summed E-state index contributed by atoms with van der Waals surface area (Å²) in [7, 11) is 0. The van der Waals surface area contributed by atoms with E-state index in [4.69, 9.17) is 11.6 Å². The minimum Gasteiger partial charge on any atom is -0.394 e. The molecule has 0 fully saturated rings. The number of hydrogen-bond acceptors (Lipinski definition) is 4. The number of aliphatic hydroxyl groups is 2. The molecule has 1 aromatic rings. The average molecular weight is 259 g/mol. The fourth-order valence-corrected chi connectivity index (χ4v) is 1.38. The zero-order valence-corrected chi connectivity index (χ0v) is 10.2. The molecule has 0 atom stereocenters. The number of amides is 1. The van der Waals surface area contributed by atoms with E-state index in [0.29, 0.717) is 17.1 Å². The van der Waals surface area contributed by atoms with Crippen LogP contribution in [0.2, 0.25) is 5.15 Å². The molecule has 0 aliphatic carbocycles. The van der Waals surface area contributed by atoms with Crippen molar-refractivity contribution in [3.63, 3.8) is 0 Å². The quantitative estimate of drug-likeness (QED) is 0.676. The monoisotopic (exact) mass is 258 g/mol. The molecule has 5 nitrogen and oxygen atoms in total. The number of aliphatic hydroxyl groups excluding tert-OH is 2. The van der Waals surface area contributed by atoms with E-state index in [1.54, 1.807) is 6.92 Å². The highest BCUT2D eigenvalue weighted by Crippen LogP contribution is 2.11. The zero-order valence-electron chi connectivity index (χ0n) is 9.48. The van der Waals surface area contributed by atoms with Crippen molar-refractivity contribution in [2.24, 2.45) is 0 Å². The second-order valence-electron chi connectivity index (χ2n) is 3.77. The van der Waals surface area contributed by atoms with Gasteiger partial charge in [0.1, 0.15) is 5.15 Å². The smallest absolute Gasteiger partial charge is 0.253 e. The Kier molecular flexibility index (Phi) is 4.86. The molecule has 0 aromatic carbocycles. The fraction of sp³-hybridized carbons (Fsp3) is 0.455. The van der Waals surface area contributed by atoms with Gasteiger partial charge in [0, 0.05) is 6.20 Å². The predicted octanol–water partition coefficient (Wildman–Crippen LogP) is 0.598. The molecule has 0 aliphatic rings. The van der Waals surface area contributed by atoms with Gasteiger partial charge in [0.2, 0.25) is 0 Å². The first-order valence-corrected chi connectivity index (χ1v) is 5.60. The molecule has 0 saturated heterocycles. The van der Waals surface area contributed by atoms with Gasteiger partial charge in [0.15, 0.2) is 0 Å². The first-order chi connectivity index (χ1) is 8.06. The van der Waals surface area contributed by atoms with Crippen molar-refractivity contribution in [1.82, 2.24) is 10.3 Å². The number of nitrogens with zero attached hydrogens (tertiary/aromatic N) is 1. The number of carbonyl (C=O) groups is 1. The van der Waals surface area contributed by atoms with Gasteiger partial charge in [-0.1, -0.05) is 18.5 Å². The molecule has 94 valence electrons. The van der Waals surface area contributed by atoms with Crippen LogP contribution < -0.4 is 5.32 Å². The van der Waals surface area contributed by atoms with Gasteiger partial charge in [0.25, 0.3) is 5.91 Å². The summed E-state index contributed by atoms with van der Waals surface area (Å²) in [5.74, 6) is -0.404. The maximum Gasteiger partial charge on any atom is 0.253 e. The van der Waals surface area contributed by atoms with Crippen molar-refractivity contribution < 1.29 is 15.0 Å².